The summed E-state index contributed by atoms with van der Waals surface area (Å²) in [4.78, 5) is 29.1. The van der Waals surface area contributed by atoms with Gasteiger partial charge in [0.25, 0.3) is 0 Å². The lowest BCUT2D eigenvalue weighted by Gasteiger charge is -2.24. The van der Waals surface area contributed by atoms with Crippen LogP contribution in [0.1, 0.15) is 27.2 Å². The normalized spacial score (nSPS) is 11.9. The first kappa shape index (κ1) is 25.7. The minimum Gasteiger partial charge on any atom is -0.443 e. The van der Waals surface area contributed by atoms with Gasteiger partial charge in [-0.15, -0.1) is 22.9 Å². The molecule has 11 nitrogen and oxygen atoms in total. The number of aromatic nitrogens is 3. The maximum Gasteiger partial charge on any atom is 0.417 e. The van der Waals surface area contributed by atoms with Gasteiger partial charge in [-0.3, -0.25) is 9.82 Å². The van der Waals surface area contributed by atoms with Gasteiger partial charge in [-0.25, -0.2) is 23.1 Å². The number of ether oxygens (including phenoxy) is 1. The second kappa shape index (κ2) is 10.6. The van der Waals surface area contributed by atoms with Crippen LogP contribution in [0.3, 0.4) is 0 Å². The number of fused-ring (bicyclic) bond motifs is 1. The van der Waals surface area contributed by atoms with Crippen LogP contribution >= 0.6 is 22.9 Å². The Kier molecular flexibility index (Phi) is 8.00. The maximum atomic E-state index is 12.5. The smallest absolute Gasteiger partial charge is 0.417 e. The summed E-state index contributed by atoms with van der Waals surface area (Å²) in [7, 11) is -3.53. The van der Waals surface area contributed by atoms with Gasteiger partial charge < -0.3 is 14.8 Å². The number of sulfonamides is 1. The highest BCUT2D eigenvalue weighted by atomic mass is 35.5. The summed E-state index contributed by atoms with van der Waals surface area (Å²) in [5.41, 5.74) is 0.332. The summed E-state index contributed by atoms with van der Waals surface area (Å²) in [6.45, 7) is 4.98. The number of amides is 1. The monoisotopic (exact) mass is 528 g/mol. The summed E-state index contributed by atoms with van der Waals surface area (Å²) < 4.78 is 32.3. The van der Waals surface area contributed by atoms with Crippen LogP contribution in [0.15, 0.2) is 23.6 Å². The van der Waals surface area contributed by atoms with E-state index in [9.17, 15) is 18.0 Å². The molecule has 34 heavy (non-hydrogen) atoms. The number of rotatable bonds is 10. The molecule has 0 bridgehead atoms. The van der Waals surface area contributed by atoms with E-state index < -0.39 is 21.7 Å². The number of H-pyrrole nitrogens is 1. The molecule has 3 aromatic rings. The molecule has 0 saturated carbocycles. The fourth-order valence-corrected chi connectivity index (χ4v) is 5.00. The predicted molar refractivity (Wildman–Crippen MR) is 134 cm³/mol. The number of thiazole rings is 1. The molecular weight excluding hydrogens is 504 g/mol. The third-order valence-corrected chi connectivity index (χ3v) is 6.73. The standard InChI is InChI=1S/C20H25ClN6O5S2/c1-20(2,3)32-19(29)27(8-9-28)18-23-16(12-33-18)22-17-14-11-13(5-6-15(14)24-25-17)26-34(30,31)10-4-7-21/h5-6,9,11-12,26H,4,7-8,10H2,1-3H3,(H2,22,24,25). The van der Waals surface area contributed by atoms with Crippen molar-refractivity contribution in [1.29, 1.82) is 0 Å². The van der Waals surface area contributed by atoms with Gasteiger partial charge in [0, 0.05) is 22.3 Å². The van der Waals surface area contributed by atoms with Gasteiger partial charge >= 0.3 is 6.09 Å². The van der Waals surface area contributed by atoms with E-state index in [4.69, 9.17) is 16.3 Å². The average Bonchev–Trinajstić information content (AvgIpc) is 3.36. The first-order valence-electron chi connectivity index (χ1n) is 10.2. The lowest BCUT2D eigenvalue weighted by molar-refractivity contribution is -0.106. The highest BCUT2D eigenvalue weighted by Crippen LogP contribution is 2.30. The lowest BCUT2D eigenvalue weighted by atomic mass is 10.2. The number of hydrogen-bond acceptors (Lipinski definition) is 9. The Morgan fingerprint density at radius 2 is 2.12 bits per heavy atom. The van der Waals surface area contributed by atoms with E-state index >= 15 is 0 Å². The number of nitrogens with zero attached hydrogens (tertiary/aromatic N) is 3. The van der Waals surface area contributed by atoms with Crippen LogP contribution in [-0.4, -0.2) is 59.8 Å². The zero-order valence-electron chi connectivity index (χ0n) is 18.8. The molecule has 2 aromatic heterocycles. The molecule has 0 aliphatic carbocycles. The molecule has 1 aromatic carbocycles. The highest BCUT2D eigenvalue weighted by molar-refractivity contribution is 7.92. The third-order valence-electron chi connectivity index (χ3n) is 4.22. The van der Waals surface area contributed by atoms with Gasteiger partial charge in [0.05, 0.1) is 17.8 Å². The number of carbonyl (C=O) groups excluding carboxylic acids is 2. The Morgan fingerprint density at radius 3 is 2.79 bits per heavy atom. The number of halogens is 1. The van der Waals surface area contributed by atoms with Gasteiger partial charge in [0.15, 0.2) is 10.9 Å². The second-order valence-corrected chi connectivity index (χ2v) is 11.3. The lowest BCUT2D eigenvalue weighted by Crippen LogP contribution is -2.37. The van der Waals surface area contributed by atoms with Gasteiger partial charge in [-0.2, -0.15) is 5.10 Å². The number of benzene rings is 1. The zero-order valence-corrected chi connectivity index (χ0v) is 21.2. The molecular formula is C20H25ClN6O5S2. The van der Waals surface area contributed by atoms with Crippen LogP contribution in [0.4, 0.5) is 27.2 Å². The Labute approximate surface area is 205 Å². The van der Waals surface area contributed by atoms with Crippen LogP contribution in [-0.2, 0) is 19.6 Å². The number of anilines is 4. The molecule has 0 atom stereocenters. The minimum absolute atomic E-state index is 0.0818. The zero-order chi connectivity index (χ0) is 24.9. The van der Waals surface area contributed by atoms with Crippen molar-refractivity contribution < 1.29 is 22.7 Å². The Morgan fingerprint density at radius 1 is 1.35 bits per heavy atom. The molecule has 184 valence electrons. The number of hydrogen-bond donors (Lipinski definition) is 3. The summed E-state index contributed by atoms with van der Waals surface area (Å²) in [5, 5.41) is 12.7. The van der Waals surface area contributed by atoms with Crippen molar-refractivity contribution >= 4 is 78.7 Å². The number of carbonyl (C=O) groups is 2. The van der Waals surface area contributed by atoms with Crippen LogP contribution in [0, 0.1) is 0 Å². The summed E-state index contributed by atoms with van der Waals surface area (Å²) in [6.07, 6.45) is 0.251. The largest absolute Gasteiger partial charge is 0.443 e. The molecule has 3 rings (SSSR count). The molecule has 0 saturated heterocycles. The van der Waals surface area contributed by atoms with Crippen LogP contribution in [0.25, 0.3) is 10.9 Å². The Bertz CT molecular complexity index is 1270. The summed E-state index contributed by atoms with van der Waals surface area (Å²) in [6, 6.07) is 4.97. The quantitative estimate of drug-likeness (QED) is 0.263. The predicted octanol–water partition coefficient (Wildman–Crippen LogP) is 4.07. The van der Waals surface area contributed by atoms with Crippen LogP contribution in [0.2, 0.25) is 0 Å². The van der Waals surface area contributed by atoms with E-state index in [0.29, 0.717) is 40.9 Å². The Hall–Kier alpha value is -2.90. The van der Waals surface area contributed by atoms with E-state index in [2.05, 4.69) is 25.2 Å². The number of aromatic amines is 1. The fraction of sp³-hybridized carbons (Fsp3) is 0.400. The van der Waals surface area contributed by atoms with Gasteiger partial charge in [-0.1, -0.05) is 0 Å². The van der Waals surface area contributed by atoms with E-state index in [1.807, 2.05) is 0 Å². The van der Waals surface area contributed by atoms with Crippen molar-refractivity contribution in [2.24, 2.45) is 0 Å². The first-order chi connectivity index (χ1) is 16.0. The van der Waals surface area contributed by atoms with Crippen molar-refractivity contribution in [3.05, 3.63) is 23.6 Å². The average molecular weight is 529 g/mol. The minimum atomic E-state index is -3.53. The topological polar surface area (TPSA) is 146 Å². The molecule has 0 spiro atoms. The van der Waals surface area contributed by atoms with E-state index in [1.165, 1.54) is 0 Å². The van der Waals surface area contributed by atoms with Crippen molar-refractivity contribution in [1.82, 2.24) is 15.2 Å². The molecule has 1 amide bonds. The van der Waals surface area contributed by atoms with Crippen molar-refractivity contribution in [3.8, 4) is 0 Å². The third kappa shape index (κ3) is 6.81. The van der Waals surface area contributed by atoms with Crippen molar-refractivity contribution in [2.75, 3.05) is 33.1 Å². The van der Waals surface area contributed by atoms with E-state index in [0.717, 1.165) is 16.2 Å². The van der Waals surface area contributed by atoms with Gasteiger partial charge in [-0.05, 0) is 45.4 Å². The molecule has 0 fully saturated rings. The molecule has 0 radical (unpaired) electrons. The number of nitrogens with one attached hydrogen (secondary N) is 3. The number of alkyl halides is 1. The first-order valence-corrected chi connectivity index (χ1v) is 13.3. The fourth-order valence-electron chi connectivity index (χ4n) is 2.84. The van der Waals surface area contributed by atoms with E-state index in [1.54, 1.807) is 44.4 Å². The van der Waals surface area contributed by atoms with Crippen LogP contribution < -0.4 is 14.9 Å². The Balaban J connectivity index is 1.80. The molecule has 0 aliphatic heterocycles. The van der Waals surface area contributed by atoms with E-state index in [-0.39, 0.29) is 23.3 Å². The van der Waals surface area contributed by atoms with Gasteiger partial charge in [0.1, 0.15) is 17.7 Å². The molecule has 2 heterocycles. The van der Waals surface area contributed by atoms with Crippen molar-refractivity contribution in [2.45, 2.75) is 32.8 Å². The maximum absolute atomic E-state index is 12.5. The summed E-state index contributed by atoms with van der Waals surface area (Å²) >= 11 is 6.74. The van der Waals surface area contributed by atoms with Crippen LogP contribution in [0.5, 0.6) is 0 Å². The highest BCUT2D eigenvalue weighted by Gasteiger charge is 2.25. The molecule has 14 heteroatoms. The SMILES string of the molecule is CC(C)(C)OC(=O)N(CC=O)c1nc(Nc2n[nH]c3ccc(NS(=O)(=O)CCCCl)cc23)cs1. The molecule has 0 aliphatic rings. The number of aldehydes is 1. The molecule has 0 unspecified atom stereocenters. The van der Waals surface area contributed by atoms with Crippen molar-refractivity contribution in [3.63, 3.8) is 0 Å². The molecule has 3 N–H and O–H groups in total. The second-order valence-electron chi connectivity index (χ2n) is 8.19. The summed E-state index contributed by atoms with van der Waals surface area (Å²) in [5.74, 6) is 0.972. The van der Waals surface area contributed by atoms with Gasteiger partial charge in [0.2, 0.25) is 10.0 Å².